The van der Waals surface area contributed by atoms with Crippen molar-refractivity contribution in [3.63, 3.8) is 0 Å². The fourth-order valence-electron chi connectivity index (χ4n) is 4.28. The maximum atomic E-state index is 12.6. The zero-order valence-corrected chi connectivity index (χ0v) is 22.0. The first-order chi connectivity index (χ1) is 18.2. The second kappa shape index (κ2) is 13.3. The zero-order chi connectivity index (χ0) is 27.7. The molecular formula is C29H34N4O5. The van der Waals surface area contributed by atoms with Gasteiger partial charge in [-0.05, 0) is 48.9 Å². The molecule has 0 aliphatic rings. The quantitative estimate of drug-likeness (QED) is 0.284. The van der Waals surface area contributed by atoms with E-state index in [2.05, 4.69) is 16.0 Å². The van der Waals surface area contributed by atoms with Crippen molar-refractivity contribution in [3.8, 4) is 5.75 Å². The zero-order valence-electron chi connectivity index (χ0n) is 22.0. The van der Waals surface area contributed by atoms with E-state index in [1.807, 2.05) is 73.5 Å². The summed E-state index contributed by atoms with van der Waals surface area (Å²) >= 11 is 0. The first kappa shape index (κ1) is 28.2. The summed E-state index contributed by atoms with van der Waals surface area (Å²) in [5.41, 5.74) is 3.71. The molecule has 3 amide bonds. The third-order valence-electron chi connectivity index (χ3n) is 6.20. The number of benzene rings is 3. The topological polar surface area (TPSA) is 120 Å². The molecule has 0 spiro atoms. The van der Waals surface area contributed by atoms with Crippen LogP contribution in [0.2, 0.25) is 0 Å². The number of aliphatic carboxylic acids is 1. The molecule has 0 aliphatic heterocycles. The highest BCUT2D eigenvalue weighted by Crippen LogP contribution is 2.31. The van der Waals surface area contributed by atoms with Gasteiger partial charge in [0, 0.05) is 25.2 Å². The monoisotopic (exact) mass is 518 g/mol. The third-order valence-corrected chi connectivity index (χ3v) is 6.20. The SMILES string of the molecule is COc1cc(C(CN(C)C(CC(=O)O)c2ccccc2)NC(C)=O)ccc1NC(=O)Nc1ccccc1C. The van der Waals surface area contributed by atoms with Crippen LogP contribution in [0.4, 0.5) is 16.2 Å². The number of carbonyl (C=O) groups is 3. The van der Waals surface area contributed by atoms with Crippen molar-refractivity contribution in [2.45, 2.75) is 32.4 Å². The number of nitrogens with zero attached hydrogens (tertiary/aromatic N) is 1. The van der Waals surface area contributed by atoms with Crippen molar-refractivity contribution in [3.05, 3.63) is 89.5 Å². The lowest BCUT2D eigenvalue weighted by Gasteiger charge is -2.31. The number of carboxylic acid groups (broad SMARTS) is 1. The Labute approximate surface area is 222 Å². The minimum atomic E-state index is -0.914. The van der Waals surface area contributed by atoms with Crippen LogP contribution in [0.25, 0.3) is 0 Å². The summed E-state index contributed by atoms with van der Waals surface area (Å²) in [5.74, 6) is -0.717. The first-order valence-electron chi connectivity index (χ1n) is 12.2. The molecule has 9 heteroatoms. The molecule has 0 aromatic heterocycles. The molecule has 4 N–H and O–H groups in total. The molecule has 0 fully saturated rings. The van der Waals surface area contributed by atoms with Gasteiger partial charge in [-0.1, -0.05) is 54.6 Å². The number of ether oxygens (including phenoxy) is 1. The normalized spacial score (nSPS) is 12.3. The number of nitrogens with one attached hydrogen (secondary N) is 3. The van der Waals surface area contributed by atoms with Crippen molar-refractivity contribution in [2.75, 3.05) is 31.3 Å². The van der Waals surface area contributed by atoms with Gasteiger partial charge in [0.15, 0.2) is 0 Å². The Morgan fingerprint density at radius 2 is 1.58 bits per heavy atom. The molecule has 2 unspecified atom stereocenters. The smallest absolute Gasteiger partial charge is 0.323 e. The molecule has 0 radical (unpaired) electrons. The van der Waals surface area contributed by atoms with Gasteiger partial charge in [-0.15, -0.1) is 0 Å². The van der Waals surface area contributed by atoms with Crippen LogP contribution in [0, 0.1) is 6.92 Å². The molecule has 9 nitrogen and oxygen atoms in total. The number of rotatable bonds is 11. The predicted molar refractivity (Wildman–Crippen MR) is 147 cm³/mol. The third kappa shape index (κ3) is 7.81. The number of para-hydroxylation sites is 1. The summed E-state index contributed by atoms with van der Waals surface area (Å²) in [6, 6.07) is 20.9. The first-order valence-corrected chi connectivity index (χ1v) is 12.2. The molecule has 0 saturated heterocycles. The average molecular weight is 519 g/mol. The maximum Gasteiger partial charge on any atom is 0.323 e. The molecule has 200 valence electrons. The summed E-state index contributed by atoms with van der Waals surface area (Å²) in [7, 11) is 3.33. The van der Waals surface area contributed by atoms with E-state index < -0.39 is 24.1 Å². The van der Waals surface area contributed by atoms with Crippen LogP contribution in [0.15, 0.2) is 72.8 Å². The van der Waals surface area contributed by atoms with Crippen molar-refractivity contribution in [1.82, 2.24) is 10.2 Å². The Bertz CT molecular complexity index is 1260. The van der Waals surface area contributed by atoms with Crippen LogP contribution in [0.5, 0.6) is 5.75 Å². The number of carbonyl (C=O) groups excluding carboxylic acids is 2. The lowest BCUT2D eigenvalue weighted by Crippen LogP contribution is -2.37. The highest BCUT2D eigenvalue weighted by molar-refractivity contribution is 6.01. The van der Waals surface area contributed by atoms with E-state index in [0.717, 1.165) is 16.7 Å². The summed E-state index contributed by atoms with van der Waals surface area (Å²) in [6.45, 7) is 3.68. The molecular weight excluding hydrogens is 484 g/mol. The van der Waals surface area contributed by atoms with Gasteiger partial charge < -0.3 is 25.8 Å². The molecule has 0 saturated carbocycles. The Morgan fingerprint density at radius 3 is 2.21 bits per heavy atom. The highest BCUT2D eigenvalue weighted by Gasteiger charge is 2.25. The van der Waals surface area contributed by atoms with Crippen LogP contribution in [0.3, 0.4) is 0 Å². The minimum Gasteiger partial charge on any atom is -0.495 e. The Kier molecular flexibility index (Phi) is 9.84. The maximum absolute atomic E-state index is 12.6. The van der Waals surface area contributed by atoms with Crippen molar-refractivity contribution in [2.24, 2.45) is 0 Å². The van der Waals surface area contributed by atoms with Gasteiger partial charge in [-0.2, -0.15) is 0 Å². The molecule has 2 atom stereocenters. The predicted octanol–water partition coefficient (Wildman–Crippen LogP) is 4.97. The van der Waals surface area contributed by atoms with Crippen LogP contribution in [0.1, 0.15) is 42.1 Å². The molecule has 0 aliphatic carbocycles. The van der Waals surface area contributed by atoms with Gasteiger partial charge in [0.1, 0.15) is 5.75 Å². The van der Waals surface area contributed by atoms with E-state index in [1.165, 1.54) is 14.0 Å². The fourth-order valence-corrected chi connectivity index (χ4v) is 4.28. The van der Waals surface area contributed by atoms with E-state index in [-0.39, 0.29) is 12.3 Å². The lowest BCUT2D eigenvalue weighted by atomic mass is 10.00. The van der Waals surface area contributed by atoms with Gasteiger partial charge in [0.05, 0.1) is 25.3 Å². The van der Waals surface area contributed by atoms with Crippen molar-refractivity contribution in [1.29, 1.82) is 0 Å². The number of likely N-dealkylation sites (N-methyl/N-ethyl adjacent to an activating group) is 1. The van der Waals surface area contributed by atoms with Crippen molar-refractivity contribution < 1.29 is 24.2 Å². The second-order valence-electron chi connectivity index (χ2n) is 9.07. The highest BCUT2D eigenvalue weighted by atomic mass is 16.5. The molecule has 3 aromatic carbocycles. The largest absolute Gasteiger partial charge is 0.495 e. The molecule has 3 aromatic rings. The van der Waals surface area contributed by atoms with Gasteiger partial charge in [0.2, 0.25) is 5.91 Å². The number of urea groups is 1. The van der Waals surface area contributed by atoms with E-state index in [4.69, 9.17) is 4.74 Å². The fraction of sp³-hybridized carbons (Fsp3) is 0.276. The van der Waals surface area contributed by atoms with E-state index in [0.29, 0.717) is 23.7 Å². The van der Waals surface area contributed by atoms with Crippen LogP contribution >= 0.6 is 0 Å². The van der Waals surface area contributed by atoms with Crippen LogP contribution < -0.4 is 20.7 Å². The number of amides is 3. The number of hydrogen-bond acceptors (Lipinski definition) is 5. The summed E-state index contributed by atoms with van der Waals surface area (Å²) in [4.78, 5) is 38.2. The lowest BCUT2D eigenvalue weighted by molar-refractivity contribution is -0.138. The standard InChI is InChI=1S/C29H34N4O5/c1-19-10-8-9-13-23(19)31-29(37)32-24-15-14-22(16-27(24)38-4)25(30-20(2)34)18-33(3)26(17-28(35)36)21-11-6-5-7-12-21/h5-16,25-26H,17-18H2,1-4H3,(H,30,34)(H,35,36)(H2,31,32,37). The van der Waals surface area contributed by atoms with E-state index in [9.17, 15) is 19.5 Å². The Balaban J connectivity index is 1.82. The number of aryl methyl sites for hydroxylation is 1. The minimum absolute atomic E-state index is 0.0878. The Hall–Kier alpha value is -4.37. The molecule has 0 bridgehead atoms. The molecule has 0 heterocycles. The van der Waals surface area contributed by atoms with Gasteiger partial charge >= 0.3 is 12.0 Å². The number of carboxylic acids is 1. The van der Waals surface area contributed by atoms with Gasteiger partial charge in [0.25, 0.3) is 0 Å². The van der Waals surface area contributed by atoms with E-state index >= 15 is 0 Å². The number of anilines is 2. The molecule has 3 rings (SSSR count). The van der Waals surface area contributed by atoms with E-state index in [1.54, 1.807) is 18.2 Å². The Morgan fingerprint density at radius 1 is 0.921 bits per heavy atom. The van der Waals surface area contributed by atoms with Gasteiger partial charge in [-0.3, -0.25) is 14.5 Å². The number of hydrogen-bond donors (Lipinski definition) is 4. The summed E-state index contributed by atoms with van der Waals surface area (Å²) in [5, 5.41) is 18.1. The molecule has 38 heavy (non-hydrogen) atoms. The second-order valence-corrected chi connectivity index (χ2v) is 9.07. The van der Waals surface area contributed by atoms with Gasteiger partial charge in [-0.25, -0.2) is 4.79 Å². The number of methoxy groups -OCH3 is 1. The average Bonchev–Trinajstić information content (AvgIpc) is 2.88. The van der Waals surface area contributed by atoms with Crippen molar-refractivity contribution >= 4 is 29.3 Å². The van der Waals surface area contributed by atoms with Crippen LogP contribution in [-0.2, 0) is 9.59 Å². The summed E-state index contributed by atoms with van der Waals surface area (Å²) < 4.78 is 5.54. The summed E-state index contributed by atoms with van der Waals surface area (Å²) in [6.07, 6.45) is -0.0878. The van der Waals surface area contributed by atoms with Crippen LogP contribution in [-0.4, -0.2) is 48.6 Å².